The fourth-order valence-corrected chi connectivity index (χ4v) is 2.70. The van der Waals surface area contributed by atoms with Crippen LogP contribution < -0.4 is 0 Å². The van der Waals surface area contributed by atoms with Gasteiger partial charge in [-0.3, -0.25) is 0 Å². The number of carbonyl (C=O) groups is 2. The molecule has 122 valence electrons. The molecule has 1 amide bonds. The van der Waals surface area contributed by atoms with E-state index in [-0.39, 0.29) is 24.4 Å². The molecule has 7 nitrogen and oxygen atoms in total. The van der Waals surface area contributed by atoms with Crippen LogP contribution in [0.2, 0.25) is 0 Å². The molecule has 0 aromatic carbocycles. The van der Waals surface area contributed by atoms with Crippen LogP contribution in [0.5, 0.6) is 0 Å². The Morgan fingerprint density at radius 1 is 1.32 bits per heavy atom. The Morgan fingerprint density at radius 2 is 1.95 bits per heavy atom. The van der Waals surface area contributed by atoms with Crippen molar-refractivity contribution >= 4 is 12.1 Å². The lowest BCUT2D eigenvalue weighted by Gasteiger charge is -2.34. The van der Waals surface area contributed by atoms with E-state index < -0.39 is 11.6 Å². The molecule has 1 aliphatic rings. The first kappa shape index (κ1) is 16.3. The van der Waals surface area contributed by atoms with Gasteiger partial charge >= 0.3 is 12.1 Å². The Labute approximate surface area is 130 Å². The highest BCUT2D eigenvalue weighted by atomic mass is 16.6. The molecular weight excluding hydrogens is 286 g/mol. The van der Waals surface area contributed by atoms with Gasteiger partial charge in [0.05, 0.1) is 25.4 Å². The van der Waals surface area contributed by atoms with Crippen LogP contribution in [0, 0.1) is 6.92 Å². The van der Waals surface area contributed by atoms with Gasteiger partial charge in [0.1, 0.15) is 11.4 Å². The molecule has 2 rings (SSSR count). The average molecular weight is 309 g/mol. The van der Waals surface area contributed by atoms with Crippen molar-refractivity contribution in [2.24, 2.45) is 0 Å². The molecule has 2 heterocycles. The van der Waals surface area contributed by atoms with E-state index in [4.69, 9.17) is 9.47 Å². The molecular formula is C15H23N3O4. The molecule has 0 saturated heterocycles. The first-order valence-corrected chi connectivity index (χ1v) is 7.28. The molecule has 0 fully saturated rings. The minimum absolute atomic E-state index is 0.0159. The van der Waals surface area contributed by atoms with E-state index in [0.29, 0.717) is 12.2 Å². The highest BCUT2D eigenvalue weighted by molar-refractivity contribution is 5.88. The summed E-state index contributed by atoms with van der Waals surface area (Å²) < 4.78 is 12.2. The largest absolute Gasteiger partial charge is 0.464 e. The predicted molar refractivity (Wildman–Crippen MR) is 79.7 cm³/mol. The second-order valence-corrected chi connectivity index (χ2v) is 6.53. The van der Waals surface area contributed by atoms with E-state index in [2.05, 4.69) is 4.98 Å². The summed E-state index contributed by atoms with van der Waals surface area (Å²) in [6, 6.07) is 0.0159. The number of amides is 1. The number of fused-ring (bicyclic) bond motifs is 1. The summed E-state index contributed by atoms with van der Waals surface area (Å²) in [4.78, 5) is 30.0. The van der Waals surface area contributed by atoms with E-state index in [1.165, 1.54) is 7.11 Å². The van der Waals surface area contributed by atoms with Crippen LogP contribution in [0.3, 0.4) is 0 Å². The predicted octanol–water partition coefficient (Wildman–Crippen LogP) is 2.29. The smallest absolute Gasteiger partial charge is 0.410 e. The third-order valence-electron chi connectivity index (χ3n) is 3.48. The standard InChI is InChI=1S/C15H23N3O4/c1-9-7-17(14(20)22-15(3,4)5)8-11-12(13(19)21-6)16-10(2)18(9)11/h9H,7-8H2,1-6H3/t9-/m0/s1. The first-order valence-electron chi connectivity index (χ1n) is 7.28. The van der Waals surface area contributed by atoms with Gasteiger partial charge in [0.2, 0.25) is 0 Å². The van der Waals surface area contributed by atoms with Crippen molar-refractivity contribution in [1.82, 2.24) is 14.5 Å². The minimum Gasteiger partial charge on any atom is -0.464 e. The number of esters is 1. The Bertz CT molecular complexity index is 601. The topological polar surface area (TPSA) is 73.7 Å². The van der Waals surface area contributed by atoms with E-state index in [1.54, 1.807) is 4.90 Å². The van der Waals surface area contributed by atoms with Gasteiger partial charge in [-0.1, -0.05) is 0 Å². The zero-order valence-electron chi connectivity index (χ0n) is 14.0. The highest BCUT2D eigenvalue weighted by Gasteiger charge is 2.34. The second kappa shape index (κ2) is 5.62. The second-order valence-electron chi connectivity index (χ2n) is 6.53. The van der Waals surface area contributed by atoms with Crippen molar-refractivity contribution in [1.29, 1.82) is 0 Å². The molecule has 0 N–H and O–H groups in total. The fraction of sp³-hybridized carbons (Fsp3) is 0.667. The maximum atomic E-state index is 12.3. The van der Waals surface area contributed by atoms with E-state index >= 15 is 0 Å². The quantitative estimate of drug-likeness (QED) is 0.744. The summed E-state index contributed by atoms with van der Waals surface area (Å²) in [5.41, 5.74) is 0.396. The number of carbonyl (C=O) groups excluding carboxylic acids is 2. The number of ether oxygens (including phenoxy) is 2. The molecule has 1 aliphatic heterocycles. The Morgan fingerprint density at radius 3 is 2.50 bits per heavy atom. The van der Waals surface area contributed by atoms with E-state index in [9.17, 15) is 9.59 Å². The lowest BCUT2D eigenvalue weighted by atomic mass is 10.1. The molecule has 0 unspecified atom stereocenters. The third kappa shape index (κ3) is 3.08. The number of hydrogen-bond donors (Lipinski definition) is 0. The lowest BCUT2D eigenvalue weighted by Crippen LogP contribution is -2.43. The normalized spacial score (nSPS) is 17.9. The molecule has 0 bridgehead atoms. The van der Waals surface area contributed by atoms with Crippen molar-refractivity contribution < 1.29 is 19.1 Å². The van der Waals surface area contributed by atoms with Gasteiger partial charge in [0.25, 0.3) is 0 Å². The number of imidazole rings is 1. The van der Waals surface area contributed by atoms with E-state index in [0.717, 1.165) is 5.82 Å². The molecule has 1 aromatic rings. The Balaban J connectivity index is 2.32. The van der Waals surface area contributed by atoms with Crippen molar-refractivity contribution in [2.75, 3.05) is 13.7 Å². The summed E-state index contributed by atoms with van der Waals surface area (Å²) in [6.07, 6.45) is -0.389. The van der Waals surface area contributed by atoms with Gasteiger partial charge in [-0.25, -0.2) is 14.6 Å². The first-order chi connectivity index (χ1) is 10.1. The van der Waals surface area contributed by atoms with Gasteiger partial charge < -0.3 is 18.9 Å². The van der Waals surface area contributed by atoms with Gasteiger partial charge in [-0.15, -0.1) is 0 Å². The maximum absolute atomic E-state index is 12.3. The van der Waals surface area contributed by atoms with Crippen molar-refractivity contribution in [3.63, 3.8) is 0 Å². The summed E-state index contributed by atoms with van der Waals surface area (Å²) >= 11 is 0. The van der Waals surface area contributed by atoms with Crippen molar-refractivity contribution in [2.45, 2.75) is 52.8 Å². The zero-order chi connectivity index (χ0) is 16.7. The summed E-state index contributed by atoms with van der Waals surface area (Å²) in [5, 5.41) is 0. The minimum atomic E-state index is -0.556. The van der Waals surface area contributed by atoms with Crippen LogP contribution >= 0.6 is 0 Å². The lowest BCUT2D eigenvalue weighted by molar-refractivity contribution is 0.0169. The molecule has 1 aromatic heterocycles. The number of aromatic nitrogens is 2. The number of hydrogen-bond acceptors (Lipinski definition) is 5. The van der Waals surface area contributed by atoms with Crippen LogP contribution in [0.15, 0.2) is 0 Å². The van der Waals surface area contributed by atoms with Crippen LogP contribution in [-0.4, -0.2) is 45.8 Å². The third-order valence-corrected chi connectivity index (χ3v) is 3.48. The van der Waals surface area contributed by atoms with Gasteiger partial charge in [0, 0.05) is 6.54 Å². The number of methoxy groups -OCH3 is 1. The Kier molecular flexibility index (Phi) is 4.17. The van der Waals surface area contributed by atoms with Crippen LogP contribution in [-0.2, 0) is 16.0 Å². The summed E-state index contributed by atoms with van der Waals surface area (Å²) in [5.74, 6) is 0.252. The van der Waals surface area contributed by atoms with Crippen LogP contribution in [0.1, 0.15) is 55.7 Å². The van der Waals surface area contributed by atoms with Gasteiger partial charge in [0.15, 0.2) is 5.69 Å². The summed E-state index contributed by atoms with van der Waals surface area (Å²) in [7, 11) is 1.32. The average Bonchev–Trinajstić information content (AvgIpc) is 2.73. The monoisotopic (exact) mass is 309 g/mol. The molecule has 1 atom stereocenters. The van der Waals surface area contributed by atoms with Crippen LogP contribution in [0.25, 0.3) is 0 Å². The van der Waals surface area contributed by atoms with Gasteiger partial charge in [-0.2, -0.15) is 0 Å². The number of nitrogens with zero attached hydrogens (tertiary/aromatic N) is 3. The number of aryl methyl sites for hydroxylation is 1. The molecule has 0 radical (unpaired) electrons. The van der Waals surface area contributed by atoms with Crippen molar-refractivity contribution in [3.05, 3.63) is 17.2 Å². The molecule has 0 aliphatic carbocycles. The highest BCUT2D eigenvalue weighted by Crippen LogP contribution is 2.27. The Hall–Kier alpha value is -2.05. The maximum Gasteiger partial charge on any atom is 0.410 e. The summed E-state index contributed by atoms with van der Waals surface area (Å²) in [6.45, 7) is 10.1. The van der Waals surface area contributed by atoms with Crippen LogP contribution in [0.4, 0.5) is 4.79 Å². The molecule has 7 heteroatoms. The zero-order valence-corrected chi connectivity index (χ0v) is 14.0. The SMILES string of the molecule is COC(=O)c1nc(C)n2c1CN(C(=O)OC(C)(C)C)C[C@@H]2C. The molecule has 0 spiro atoms. The van der Waals surface area contributed by atoms with Gasteiger partial charge in [-0.05, 0) is 34.6 Å². The molecule has 22 heavy (non-hydrogen) atoms. The number of rotatable bonds is 1. The fourth-order valence-electron chi connectivity index (χ4n) is 2.70. The van der Waals surface area contributed by atoms with E-state index in [1.807, 2.05) is 39.2 Å². The molecule has 0 saturated carbocycles. The van der Waals surface area contributed by atoms with Crippen molar-refractivity contribution in [3.8, 4) is 0 Å².